The molecule has 0 bridgehead atoms. The van der Waals surface area contributed by atoms with Gasteiger partial charge in [-0.3, -0.25) is 0 Å². The molecule has 302 valence electrons. The highest BCUT2D eigenvalue weighted by Gasteiger charge is 2.47. The monoisotopic (exact) mass is 769 g/mol. The molecule has 8 rings (SSSR count). The minimum absolute atomic E-state index is 0.00670. The Kier molecular flexibility index (Phi) is 9.00. The second kappa shape index (κ2) is 12.9. The summed E-state index contributed by atoms with van der Waals surface area (Å²) in [6, 6.07) is 34.5. The number of benzene rings is 5. The molecule has 5 aromatic carbocycles. The molecule has 5 aromatic rings. The lowest BCUT2D eigenvalue weighted by Gasteiger charge is -2.48. The molecule has 0 saturated heterocycles. The van der Waals surface area contributed by atoms with Gasteiger partial charge in [0, 0.05) is 34.1 Å². The molecule has 1 aliphatic carbocycles. The fourth-order valence-corrected chi connectivity index (χ4v) is 9.94. The van der Waals surface area contributed by atoms with Gasteiger partial charge in [0.05, 0.1) is 0 Å². The fourth-order valence-electron chi connectivity index (χ4n) is 9.94. The van der Waals surface area contributed by atoms with Crippen LogP contribution in [-0.2, 0) is 32.5 Å². The molecule has 0 saturated carbocycles. The topological polar surface area (TPSA) is 6.48 Å². The minimum atomic E-state index is -0.0105. The Morgan fingerprint density at radius 3 is 1.38 bits per heavy atom. The molecular weight excluding hydrogens is 699 g/mol. The van der Waals surface area contributed by atoms with Gasteiger partial charge in [0.1, 0.15) is 0 Å². The predicted octanol–water partition coefficient (Wildman–Crippen LogP) is 13.6. The zero-order chi connectivity index (χ0) is 42.3. The van der Waals surface area contributed by atoms with Gasteiger partial charge in [0.15, 0.2) is 0 Å². The lowest BCUT2D eigenvalue weighted by molar-refractivity contribution is 0.332. The van der Waals surface area contributed by atoms with Crippen molar-refractivity contribution >= 4 is 57.2 Å². The third kappa shape index (κ3) is 6.64. The number of hydrogen-bond acceptors (Lipinski definition) is 2. The van der Waals surface area contributed by atoms with Gasteiger partial charge in [-0.05, 0) is 156 Å². The molecule has 0 N–H and O–H groups in total. The molecule has 3 aliphatic rings. The smallest absolute Gasteiger partial charge is 0.252 e. The first kappa shape index (κ1) is 40.5. The van der Waals surface area contributed by atoms with Crippen LogP contribution in [0, 0.1) is 6.92 Å². The molecule has 2 heterocycles. The van der Waals surface area contributed by atoms with Crippen LogP contribution in [0.25, 0.3) is 0 Å². The van der Waals surface area contributed by atoms with Crippen molar-refractivity contribution < 1.29 is 0 Å². The van der Waals surface area contributed by atoms with Crippen molar-refractivity contribution in [2.24, 2.45) is 0 Å². The van der Waals surface area contributed by atoms with E-state index >= 15 is 0 Å². The molecule has 0 unspecified atom stereocenters. The summed E-state index contributed by atoms with van der Waals surface area (Å²) < 4.78 is 0. The van der Waals surface area contributed by atoms with E-state index in [0.717, 1.165) is 0 Å². The molecule has 0 amide bonds. The average molecular weight is 769 g/mol. The van der Waals surface area contributed by atoms with Crippen LogP contribution in [0.2, 0.25) is 0 Å². The number of aryl methyl sites for hydroxylation is 1. The number of anilines is 6. The molecule has 3 heteroatoms. The molecule has 0 radical (unpaired) electrons. The fraction of sp³-hybridized carbons (Fsp3) is 0.455. The van der Waals surface area contributed by atoms with E-state index in [4.69, 9.17) is 0 Å². The van der Waals surface area contributed by atoms with Gasteiger partial charge in [-0.15, -0.1) is 0 Å². The summed E-state index contributed by atoms with van der Waals surface area (Å²) >= 11 is 0. The second-order valence-corrected chi connectivity index (χ2v) is 23.6. The van der Waals surface area contributed by atoms with E-state index in [-0.39, 0.29) is 39.2 Å². The summed E-state index contributed by atoms with van der Waals surface area (Å²) in [5, 5.41) is 0. The maximum atomic E-state index is 2.68. The second-order valence-electron chi connectivity index (χ2n) is 23.6. The average Bonchev–Trinajstić information content (AvgIpc) is 3.11. The van der Waals surface area contributed by atoms with E-state index in [1.807, 2.05) is 0 Å². The number of hydrogen-bond donors (Lipinski definition) is 0. The first-order valence-electron chi connectivity index (χ1n) is 22.0. The SMILES string of the molecule is Cc1cc2c3c(c1)N(c1cc(C(C)(C)C)cc(C(C)(C)C)c1)c1cc4c(cc1B3c1cc(C(C)(C)C)ccc1N2c1ccc(C(C)(C)C)cc1)C(C)(C)CCC4(C)C. The standard InChI is InChI=1S/C55H69BN2/c1-34-26-47-49-48(27-34)58(40-29-37(52(8,9)10)28-38(30-40)53(11,12)13)46-33-42-41(54(14,15)24-25-55(42,16)17)32-44(46)56(49)43-31-36(51(5,6)7)20-23-45(43)57(47)39-21-18-35(19-22-39)50(2,3)4/h18-23,26-33H,24-25H2,1-17H3. The molecule has 0 spiro atoms. The predicted molar refractivity (Wildman–Crippen MR) is 255 cm³/mol. The van der Waals surface area contributed by atoms with Crippen LogP contribution in [0.4, 0.5) is 34.1 Å². The maximum absolute atomic E-state index is 2.68. The van der Waals surface area contributed by atoms with E-state index in [2.05, 4.69) is 212 Å². The lowest BCUT2D eigenvalue weighted by atomic mass is 9.33. The minimum Gasteiger partial charge on any atom is -0.311 e. The van der Waals surface area contributed by atoms with E-state index in [1.165, 1.54) is 102 Å². The molecule has 0 atom stereocenters. The van der Waals surface area contributed by atoms with Crippen molar-refractivity contribution in [1.82, 2.24) is 0 Å². The Balaban J connectivity index is 1.53. The van der Waals surface area contributed by atoms with E-state index in [9.17, 15) is 0 Å². The third-order valence-electron chi connectivity index (χ3n) is 13.9. The highest BCUT2D eigenvalue weighted by Crippen LogP contribution is 2.51. The Bertz CT molecular complexity index is 2420. The Morgan fingerprint density at radius 1 is 0.431 bits per heavy atom. The van der Waals surface area contributed by atoms with Crippen LogP contribution in [0.3, 0.4) is 0 Å². The van der Waals surface area contributed by atoms with Gasteiger partial charge in [-0.1, -0.05) is 147 Å². The molecular formula is C55H69BN2. The Labute approximate surface area is 352 Å². The zero-order valence-corrected chi connectivity index (χ0v) is 39.0. The van der Waals surface area contributed by atoms with Crippen LogP contribution in [0.1, 0.15) is 163 Å². The molecule has 0 fully saturated rings. The Hall–Kier alpha value is -4.24. The van der Waals surface area contributed by atoms with Crippen LogP contribution >= 0.6 is 0 Å². The molecule has 0 aromatic heterocycles. The Morgan fingerprint density at radius 2 is 0.879 bits per heavy atom. The molecule has 2 nitrogen and oxygen atoms in total. The van der Waals surface area contributed by atoms with Crippen molar-refractivity contribution in [1.29, 1.82) is 0 Å². The largest absolute Gasteiger partial charge is 0.311 e. The zero-order valence-electron chi connectivity index (χ0n) is 39.0. The highest BCUT2D eigenvalue weighted by atomic mass is 15.2. The number of rotatable bonds is 2. The maximum Gasteiger partial charge on any atom is 0.252 e. The number of fused-ring (bicyclic) bond motifs is 5. The van der Waals surface area contributed by atoms with E-state index < -0.39 is 0 Å². The van der Waals surface area contributed by atoms with Crippen LogP contribution in [-0.4, -0.2) is 6.71 Å². The van der Waals surface area contributed by atoms with Gasteiger partial charge in [0.2, 0.25) is 0 Å². The summed E-state index contributed by atoms with van der Waals surface area (Å²) in [5.41, 5.74) is 21.9. The van der Waals surface area contributed by atoms with Crippen LogP contribution in [0.5, 0.6) is 0 Å². The summed E-state index contributed by atoms with van der Waals surface area (Å²) in [4.78, 5) is 5.26. The van der Waals surface area contributed by atoms with Crippen molar-refractivity contribution in [3.63, 3.8) is 0 Å². The van der Waals surface area contributed by atoms with Crippen molar-refractivity contribution in [2.45, 2.75) is 163 Å². The summed E-state index contributed by atoms with van der Waals surface area (Å²) in [5.74, 6) is 0. The first-order valence-corrected chi connectivity index (χ1v) is 22.0. The molecule has 58 heavy (non-hydrogen) atoms. The van der Waals surface area contributed by atoms with E-state index in [1.54, 1.807) is 0 Å². The van der Waals surface area contributed by atoms with Gasteiger partial charge in [-0.2, -0.15) is 0 Å². The highest BCUT2D eigenvalue weighted by molar-refractivity contribution is 7.00. The summed E-state index contributed by atoms with van der Waals surface area (Å²) in [6.07, 6.45) is 2.37. The van der Waals surface area contributed by atoms with Gasteiger partial charge < -0.3 is 9.80 Å². The van der Waals surface area contributed by atoms with E-state index in [0.29, 0.717) is 0 Å². The number of nitrogens with zero attached hydrogens (tertiary/aromatic N) is 2. The molecule has 2 aliphatic heterocycles. The third-order valence-corrected chi connectivity index (χ3v) is 13.9. The van der Waals surface area contributed by atoms with Crippen LogP contribution in [0.15, 0.2) is 84.9 Å². The van der Waals surface area contributed by atoms with Crippen LogP contribution < -0.4 is 26.2 Å². The first-order chi connectivity index (χ1) is 26.7. The summed E-state index contributed by atoms with van der Waals surface area (Å²) in [6.45, 7) is 40.4. The van der Waals surface area contributed by atoms with Gasteiger partial charge in [0.25, 0.3) is 6.71 Å². The van der Waals surface area contributed by atoms with Crippen molar-refractivity contribution in [2.75, 3.05) is 9.80 Å². The van der Waals surface area contributed by atoms with Gasteiger partial charge >= 0.3 is 0 Å². The van der Waals surface area contributed by atoms with Gasteiger partial charge in [-0.25, -0.2) is 0 Å². The quantitative estimate of drug-likeness (QED) is 0.162. The lowest BCUT2D eigenvalue weighted by Crippen LogP contribution is -2.62. The normalized spacial score (nSPS) is 17.1. The summed E-state index contributed by atoms with van der Waals surface area (Å²) in [7, 11) is 0. The van der Waals surface area contributed by atoms with Crippen molar-refractivity contribution in [3.05, 3.63) is 124 Å². The van der Waals surface area contributed by atoms with Crippen molar-refractivity contribution in [3.8, 4) is 0 Å².